The molecule has 1 aliphatic heterocycles. The fourth-order valence-electron chi connectivity index (χ4n) is 2.12. The molecule has 2 rings (SSSR count). The van der Waals surface area contributed by atoms with E-state index < -0.39 is 40.7 Å². The van der Waals surface area contributed by atoms with Crippen molar-refractivity contribution in [3.63, 3.8) is 0 Å². The first kappa shape index (κ1) is 15.7. The fourth-order valence-corrected chi connectivity index (χ4v) is 2.81. The molecule has 0 aliphatic carbocycles. The summed E-state index contributed by atoms with van der Waals surface area (Å²) in [4.78, 5) is 27.5. The fraction of sp³-hybridized carbons (Fsp3) is 0.308. The number of hydrogen-bond acceptors (Lipinski definition) is 4. The van der Waals surface area contributed by atoms with Gasteiger partial charge in [0.15, 0.2) is 5.78 Å². The van der Waals surface area contributed by atoms with Crippen molar-refractivity contribution in [3.8, 4) is 0 Å². The van der Waals surface area contributed by atoms with Gasteiger partial charge in [0.05, 0.1) is 10.7 Å². The van der Waals surface area contributed by atoms with Gasteiger partial charge in [0.1, 0.15) is 23.1 Å². The van der Waals surface area contributed by atoms with E-state index in [4.69, 9.17) is 0 Å². The predicted molar refractivity (Wildman–Crippen MR) is 70.5 cm³/mol. The smallest absolute Gasteiger partial charge is 0.299 e. The molecule has 1 aromatic rings. The standard InChI is InChI=1S/C13H9F4NO2S/c1-5(19)8-11(20)6-3-4-7(14)9(13(15,16)17)10(6)18-12(8)21-2/h3-4,8H,1-2H3. The monoisotopic (exact) mass is 319 g/mol. The Hall–Kier alpha value is -1.70. The number of rotatable bonds is 1. The average Bonchev–Trinajstić information content (AvgIpc) is 2.35. The second-order valence-corrected chi connectivity index (χ2v) is 5.20. The van der Waals surface area contributed by atoms with Crippen molar-refractivity contribution in [1.82, 2.24) is 0 Å². The number of carbonyl (C=O) groups excluding carboxylic acids is 2. The van der Waals surface area contributed by atoms with Crippen molar-refractivity contribution in [1.29, 1.82) is 0 Å². The van der Waals surface area contributed by atoms with Crippen LogP contribution in [0.15, 0.2) is 17.1 Å². The summed E-state index contributed by atoms with van der Waals surface area (Å²) < 4.78 is 52.4. The zero-order valence-electron chi connectivity index (χ0n) is 10.9. The van der Waals surface area contributed by atoms with Crippen molar-refractivity contribution >= 4 is 34.1 Å². The molecular weight excluding hydrogens is 310 g/mol. The van der Waals surface area contributed by atoms with Crippen LogP contribution in [0.3, 0.4) is 0 Å². The van der Waals surface area contributed by atoms with Crippen LogP contribution in [0.5, 0.6) is 0 Å². The molecule has 8 heteroatoms. The minimum atomic E-state index is -4.98. The second-order valence-electron chi connectivity index (χ2n) is 4.38. The summed E-state index contributed by atoms with van der Waals surface area (Å²) in [5.41, 5.74) is -2.72. The summed E-state index contributed by atoms with van der Waals surface area (Å²) in [5, 5.41) is -0.0592. The highest BCUT2D eigenvalue weighted by molar-refractivity contribution is 8.13. The lowest BCUT2D eigenvalue weighted by Gasteiger charge is -2.23. The molecule has 0 bridgehead atoms. The van der Waals surface area contributed by atoms with E-state index in [1.54, 1.807) is 0 Å². The van der Waals surface area contributed by atoms with Crippen molar-refractivity contribution in [2.45, 2.75) is 13.1 Å². The van der Waals surface area contributed by atoms with Gasteiger partial charge in [-0.15, -0.1) is 11.8 Å². The first-order valence-electron chi connectivity index (χ1n) is 5.75. The van der Waals surface area contributed by atoms with Crippen LogP contribution in [0, 0.1) is 11.7 Å². The first-order chi connectivity index (χ1) is 9.68. The van der Waals surface area contributed by atoms with Crippen LogP contribution in [0.1, 0.15) is 22.8 Å². The van der Waals surface area contributed by atoms with Crippen LogP contribution in [0.2, 0.25) is 0 Å². The molecule has 0 amide bonds. The molecule has 0 fully saturated rings. The lowest BCUT2D eigenvalue weighted by atomic mass is 9.90. The van der Waals surface area contributed by atoms with E-state index in [0.717, 1.165) is 24.8 Å². The third kappa shape index (κ3) is 2.59. The minimum Gasteiger partial charge on any atom is -0.299 e. The summed E-state index contributed by atoms with van der Waals surface area (Å²) in [6.45, 7) is 1.16. The van der Waals surface area contributed by atoms with E-state index in [2.05, 4.69) is 4.99 Å². The van der Waals surface area contributed by atoms with E-state index in [0.29, 0.717) is 6.07 Å². The largest absolute Gasteiger partial charge is 0.421 e. The van der Waals surface area contributed by atoms with Crippen LogP contribution in [0.25, 0.3) is 0 Å². The highest BCUT2D eigenvalue weighted by atomic mass is 32.2. The normalized spacial score (nSPS) is 18.3. The maximum atomic E-state index is 13.5. The number of ketones is 2. The zero-order chi connectivity index (χ0) is 15.9. The Morgan fingerprint density at radius 2 is 1.95 bits per heavy atom. The van der Waals surface area contributed by atoms with Crippen LogP contribution in [-0.4, -0.2) is 22.9 Å². The molecule has 1 heterocycles. The quantitative estimate of drug-likeness (QED) is 0.586. The van der Waals surface area contributed by atoms with Gasteiger partial charge in [-0.1, -0.05) is 0 Å². The summed E-state index contributed by atoms with van der Waals surface area (Å²) in [7, 11) is 0. The lowest BCUT2D eigenvalue weighted by molar-refractivity contribution is -0.139. The molecule has 0 saturated heterocycles. The summed E-state index contributed by atoms with van der Waals surface area (Å²) in [6, 6.07) is 1.50. The SMILES string of the molecule is CSC1=Nc2c(ccc(F)c2C(F)(F)F)C(=O)C1C(C)=O. The number of nitrogens with zero attached hydrogens (tertiary/aromatic N) is 1. The zero-order valence-corrected chi connectivity index (χ0v) is 11.7. The Morgan fingerprint density at radius 1 is 1.33 bits per heavy atom. The number of hydrogen-bond donors (Lipinski definition) is 0. The van der Waals surface area contributed by atoms with Crippen LogP contribution in [0.4, 0.5) is 23.2 Å². The molecule has 21 heavy (non-hydrogen) atoms. The Balaban J connectivity index is 2.78. The van der Waals surface area contributed by atoms with Gasteiger partial charge in [-0.2, -0.15) is 13.2 Å². The molecule has 1 atom stereocenters. The lowest BCUT2D eigenvalue weighted by Crippen LogP contribution is -2.32. The van der Waals surface area contributed by atoms with Crippen molar-refractivity contribution < 1.29 is 27.2 Å². The van der Waals surface area contributed by atoms with Gasteiger partial charge in [0.25, 0.3) is 0 Å². The Kier molecular flexibility index (Phi) is 3.92. The molecule has 1 aliphatic rings. The molecule has 0 aromatic heterocycles. The van der Waals surface area contributed by atoms with Crippen molar-refractivity contribution in [2.24, 2.45) is 10.9 Å². The van der Waals surface area contributed by atoms with Gasteiger partial charge in [-0.3, -0.25) is 9.59 Å². The Morgan fingerprint density at radius 3 is 2.43 bits per heavy atom. The van der Waals surface area contributed by atoms with Crippen LogP contribution in [-0.2, 0) is 11.0 Å². The van der Waals surface area contributed by atoms with Crippen LogP contribution >= 0.6 is 11.8 Å². The maximum Gasteiger partial charge on any atom is 0.421 e. The number of benzene rings is 1. The summed E-state index contributed by atoms with van der Waals surface area (Å²) in [6.07, 6.45) is -3.49. The second kappa shape index (κ2) is 5.25. The van der Waals surface area contributed by atoms with Gasteiger partial charge in [-0.05, 0) is 25.3 Å². The first-order valence-corrected chi connectivity index (χ1v) is 6.98. The predicted octanol–water partition coefficient (Wildman–Crippen LogP) is 3.64. The summed E-state index contributed by atoms with van der Waals surface area (Å²) >= 11 is 0.893. The number of carbonyl (C=O) groups is 2. The molecule has 1 unspecified atom stereocenters. The maximum absolute atomic E-state index is 13.5. The highest BCUT2D eigenvalue weighted by Crippen LogP contribution is 2.43. The molecule has 112 valence electrons. The van der Waals surface area contributed by atoms with Gasteiger partial charge in [0, 0.05) is 5.56 Å². The van der Waals surface area contributed by atoms with Crippen LogP contribution < -0.4 is 0 Å². The topological polar surface area (TPSA) is 46.5 Å². The van der Waals surface area contributed by atoms with E-state index in [9.17, 15) is 27.2 Å². The number of fused-ring (bicyclic) bond motifs is 1. The number of Topliss-reactive ketones (excluding diaryl/α,β-unsaturated/α-hetero) is 2. The average molecular weight is 319 g/mol. The van der Waals surface area contributed by atoms with Crippen molar-refractivity contribution in [3.05, 3.63) is 29.1 Å². The van der Waals surface area contributed by atoms with Gasteiger partial charge in [0.2, 0.25) is 0 Å². The number of alkyl halides is 3. The van der Waals surface area contributed by atoms with E-state index in [1.165, 1.54) is 6.26 Å². The molecular formula is C13H9F4NO2S. The third-order valence-corrected chi connectivity index (χ3v) is 3.77. The number of thioether (sulfide) groups is 1. The van der Waals surface area contributed by atoms with Crippen molar-refractivity contribution in [2.75, 3.05) is 6.26 Å². The van der Waals surface area contributed by atoms with E-state index in [-0.39, 0.29) is 10.6 Å². The van der Waals surface area contributed by atoms with E-state index >= 15 is 0 Å². The summed E-state index contributed by atoms with van der Waals surface area (Å²) in [5.74, 6) is -4.03. The molecule has 0 N–H and O–H groups in total. The van der Waals surface area contributed by atoms with Gasteiger partial charge in [-0.25, -0.2) is 9.38 Å². The third-order valence-electron chi connectivity index (χ3n) is 3.02. The minimum absolute atomic E-state index is 0.0592. The molecule has 0 radical (unpaired) electrons. The van der Waals surface area contributed by atoms with Gasteiger partial charge < -0.3 is 0 Å². The molecule has 3 nitrogen and oxygen atoms in total. The molecule has 0 spiro atoms. The Labute approximate surface area is 121 Å². The molecule has 1 aromatic carbocycles. The van der Waals surface area contributed by atoms with E-state index in [1.807, 2.05) is 0 Å². The van der Waals surface area contributed by atoms with Gasteiger partial charge >= 0.3 is 6.18 Å². The molecule has 0 saturated carbocycles. The number of aliphatic imine (C=N–C) groups is 1. The Bertz CT molecular complexity index is 667. The number of halogens is 4. The highest BCUT2D eigenvalue weighted by Gasteiger charge is 2.43.